The number of rotatable bonds is 5. The molecule has 0 aliphatic carbocycles. The lowest BCUT2D eigenvalue weighted by Gasteiger charge is -2.16. The summed E-state index contributed by atoms with van der Waals surface area (Å²) in [6.45, 7) is 3.74. The van der Waals surface area contributed by atoms with Crippen LogP contribution in [0.15, 0.2) is 58.7 Å². The van der Waals surface area contributed by atoms with Crippen molar-refractivity contribution in [1.82, 2.24) is 19.7 Å². The van der Waals surface area contributed by atoms with Crippen LogP contribution in [0.5, 0.6) is 0 Å². The number of para-hydroxylation sites is 1. The molecule has 1 aliphatic heterocycles. The van der Waals surface area contributed by atoms with Gasteiger partial charge in [0.1, 0.15) is 11.5 Å². The van der Waals surface area contributed by atoms with Gasteiger partial charge >= 0.3 is 0 Å². The van der Waals surface area contributed by atoms with E-state index in [-0.39, 0.29) is 29.7 Å². The zero-order valence-electron chi connectivity index (χ0n) is 18.6. The number of hydrogen-bond donors (Lipinski definition) is 2. The molecule has 9 nitrogen and oxygen atoms in total. The monoisotopic (exact) mass is 474 g/mol. The summed E-state index contributed by atoms with van der Waals surface area (Å²) in [6.07, 6.45) is 0.116. The van der Waals surface area contributed by atoms with Crippen LogP contribution in [0.4, 0.5) is 11.5 Å². The molecule has 4 heterocycles. The van der Waals surface area contributed by atoms with Gasteiger partial charge < -0.3 is 10.2 Å². The Hall–Kier alpha value is -4.05. The second-order valence-corrected chi connectivity index (χ2v) is 9.08. The second kappa shape index (κ2) is 8.71. The van der Waals surface area contributed by atoms with E-state index in [1.165, 1.54) is 16.0 Å². The molecule has 1 aromatic carbocycles. The maximum absolute atomic E-state index is 13.2. The lowest BCUT2D eigenvalue weighted by molar-refractivity contribution is -0.122. The van der Waals surface area contributed by atoms with Crippen LogP contribution in [0.3, 0.4) is 0 Å². The van der Waals surface area contributed by atoms with Crippen molar-refractivity contribution < 1.29 is 9.59 Å². The average Bonchev–Trinajstić information content (AvgIpc) is 3.57. The molecule has 4 aromatic rings. The molecule has 2 N–H and O–H groups in total. The zero-order chi connectivity index (χ0) is 23.8. The third-order valence-corrected chi connectivity index (χ3v) is 6.77. The van der Waals surface area contributed by atoms with Gasteiger partial charge in [-0.05, 0) is 37.4 Å². The molecule has 0 saturated carbocycles. The summed E-state index contributed by atoms with van der Waals surface area (Å²) in [5, 5.41) is 9.43. The third kappa shape index (κ3) is 4.03. The minimum atomic E-state index is -0.520. The highest BCUT2D eigenvalue weighted by Gasteiger charge is 2.35. The SMILES string of the molecule is Cc1nc(-n2nc(-c3cccs3)cc2NC(=O)C2CC(=O)N(c3ccccc3)C2)[nH]c(=O)c1C. The topological polar surface area (TPSA) is 113 Å². The molecule has 34 heavy (non-hydrogen) atoms. The number of aromatic nitrogens is 4. The van der Waals surface area contributed by atoms with Gasteiger partial charge in [0.15, 0.2) is 0 Å². The quantitative estimate of drug-likeness (QED) is 0.461. The van der Waals surface area contributed by atoms with Gasteiger partial charge in [-0.25, -0.2) is 4.98 Å². The van der Waals surface area contributed by atoms with E-state index in [1.807, 2.05) is 47.8 Å². The molecule has 3 aromatic heterocycles. The number of carbonyl (C=O) groups excluding carboxylic acids is 2. The Labute approximate surface area is 199 Å². The van der Waals surface area contributed by atoms with E-state index in [4.69, 9.17) is 0 Å². The van der Waals surface area contributed by atoms with Crippen molar-refractivity contribution >= 4 is 34.7 Å². The van der Waals surface area contributed by atoms with Gasteiger partial charge in [0.2, 0.25) is 17.8 Å². The molecular formula is C24H22N6O3S. The molecular weight excluding hydrogens is 452 g/mol. The number of H-pyrrole nitrogens is 1. The predicted molar refractivity (Wildman–Crippen MR) is 130 cm³/mol. The van der Waals surface area contributed by atoms with E-state index in [1.54, 1.807) is 24.8 Å². The van der Waals surface area contributed by atoms with Gasteiger partial charge in [-0.1, -0.05) is 24.3 Å². The number of carbonyl (C=O) groups is 2. The molecule has 1 aliphatic rings. The first-order valence-corrected chi connectivity index (χ1v) is 11.7. The summed E-state index contributed by atoms with van der Waals surface area (Å²) < 4.78 is 1.42. The lowest BCUT2D eigenvalue weighted by atomic mass is 10.1. The van der Waals surface area contributed by atoms with Gasteiger partial charge in [-0.15, -0.1) is 11.3 Å². The van der Waals surface area contributed by atoms with Gasteiger partial charge in [0.25, 0.3) is 5.56 Å². The number of anilines is 2. The van der Waals surface area contributed by atoms with Crippen molar-refractivity contribution in [2.45, 2.75) is 20.3 Å². The number of nitrogens with one attached hydrogen (secondary N) is 2. The second-order valence-electron chi connectivity index (χ2n) is 8.13. The highest BCUT2D eigenvalue weighted by molar-refractivity contribution is 7.13. The lowest BCUT2D eigenvalue weighted by Crippen LogP contribution is -2.29. The molecule has 172 valence electrons. The molecule has 0 spiro atoms. The summed E-state index contributed by atoms with van der Waals surface area (Å²) in [5.74, 6) is -0.339. The van der Waals surface area contributed by atoms with E-state index in [0.29, 0.717) is 29.3 Å². The summed E-state index contributed by atoms with van der Waals surface area (Å²) in [5.41, 5.74) is 2.23. The Morgan fingerprint density at radius 2 is 1.94 bits per heavy atom. The Kier molecular flexibility index (Phi) is 5.58. The first-order chi connectivity index (χ1) is 16.4. The van der Waals surface area contributed by atoms with E-state index >= 15 is 0 Å². The number of amides is 2. The maximum atomic E-state index is 13.2. The Bertz CT molecular complexity index is 1420. The molecule has 1 unspecified atom stereocenters. The molecule has 10 heteroatoms. The van der Waals surface area contributed by atoms with Crippen molar-refractivity contribution in [2.24, 2.45) is 5.92 Å². The van der Waals surface area contributed by atoms with E-state index in [2.05, 4.69) is 20.4 Å². The smallest absolute Gasteiger partial charge is 0.255 e. The number of benzene rings is 1. The number of nitrogens with zero attached hydrogens (tertiary/aromatic N) is 4. The molecule has 0 radical (unpaired) electrons. The first kappa shape index (κ1) is 21.8. The highest BCUT2D eigenvalue weighted by atomic mass is 32.1. The number of thiophene rings is 1. The van der Waals surface area contributed by atoms with Crippen LogP contribution < -0.4 is 15.8 Å². The van der Waals surface area contributed by atoms with Crippen molar-refractivity contribution in [3.63, 3.8) is 0 Å². The molecule has 2 amide bonds. The fraction of sp³-hybridized carbons (Fsp3) is 0.208. The van der Waals surface area contributed by atoms with Gasteiger partial charge in [0.05, 0.1) is 10.8 Å². The largest absolute Gasteiger partial charge is 0.312 e. The van der Waals surface area contributed by atoms with Crippen molar-refractivity contribution in [1.29, 1.82) is 0 Å². The summed E-state index contributed by atoms with van der Waals surface area (Å²) in [6, 6.07) is 14.9. The molecule has 1 fully saturated rings. The minimum Gasteiger partial charge on any atom is -0.312 e. The zero-order valence-corrected chi connectivity index (χ0v) is 19.4. The maximum Gasteiger partial charge on any atom is 0.255 e. The van der Waals surface area contributed by atoms with Crippen LogP contribution in [0, 0.1) is 19.8 Å². The highest BCUT2D eigenvalue weighted by Crippen LogP contribution is 2.29. The molecule has 0 bridgehead atoms. The van der Waals surface area contributed by atoms with Gasteiger partial charge in [-0.2, -0.15) is 9.78 Å². The summed E-state index contributed by atoms with van der Waals surface area (Å²) in [7, 11) is 0. The predicted octanol–water partition coefficient (Wildman–Crippen LogP) is 3.29. The summed E-state index contributed by atoms with van der Waals surface area (Å²) in [4.78, 5) is 47.8. The first-order valence-electron chi connectivity index (χ1n) is 10.8. The molecule has 1 atom stereocenters. The molecule has 1 saturated heterocycles. The van der Waals surface area contributed by atoms with Crippen LogP contribution >= 0.6 is 11.3 Å². The number of aryl methyl sites for hydroxylation is 1. The van der Waals surface area contributed by atoms with Crippen molar-refractivity contribution in [3.8, 4) is 16.5 Å². The third-order valence-electron chi connectivity index (χ3n) is 5.88. The minimum absolute atomic E-state index is 0.0979. The summed E-state index contributed by atoms with van der Waals surface area (Å²) >= 11 is 1.51. The molecule has 5 rings (SSSR count). The van der Waals surface area contributed by atoms with Gasteiger partial charge in [-0.3, -0.25) is 19.4 Å². The standard InChI is InChI=1S/C24H22N6O3S/c1-14-15(2)25-24(27-22(14)32)30-20(12-18(28-30)19-9-6-10-34-19)26-23(33)16-11-21(31)29(13-16)17-7-4-3-5-8-17/h3-10,12,16H,11,13H2,1-2H3,(H,26,33)(H,25,27,32). The average molecular weight is 475 g/mol. The van der Waals surface area contributed by atoms with Crippen LogP contribution in [-0.2, 0) is 9.59 Å². The van der Waals surface area contributed by atoms with E-state index < -0.39 is 5.92 Å². The van der Waals surface area contributed by atoms with Crippen molar-refractivity contribution in [3.05, 3.63) is 75.5 Å². The Morgan fingerprint density at radius 3 is 2.65 bits per heavy atom. The van der Waals surface area contributed by atoms with Gasteiger partial charge in [0, 0.05) is 36.0 Å². The fourth-order valence-electron chi connectivity index (χ4n) is 3.88. The Balaban J connectivity index is 1.46. The van der Waals surface area contributed by atoms with Crippen molar-refractivity contribution in [2.75, 3.05) is 16.8 Å². The van der Waals surface area contributed by atoms with Crippen LogP contribution in [0.2, 0.25) is 0 Å². The van der Waals surface area contributed by atoms with E-state index in [9.17, 15) is 14.4 Å². The van der Waals surface area contributed by atoms with Crippen LogP contribution in [-0.4, -0.2) is 38.1 Å². The number of aromatic amines is 1. The van der Waals surface area contributed by atoms with Crippen LogP contribution in [0.1, 0.15) is 17.7 Å². The fourth-order valence-corrected chi connectivity index (χ4v) is 4.56. The van der Waals surface area contributed by atoms with E-state index in [0.717, 1.165) is 10.6 Å². The number of hydrogen-bond acceptors (Lipinski definition) is 6. The van der Waals surface area contributed by atoms with Crippen LogP contribution in [0.25, 0.3) is 16.5 Å². The Morgan fingerprint density at radius 1 is 1.15 bits per heavy atom. The normalized spacial score (nSPS) is 15.6.